The standard InChI is InChI=1S/C14H25N3/c1-15-7-11-12(8-15)13(11)17-5-3-14(4-6-17)9-16(2)10-14/h11-13H,3-10H2,1-2H3. The first-order valence-corrected chi connectivity index (χ1v) is 7.28. The van der Waals surface area contributed by atoms with E-state index in [-0.39, 0.29) is 0 Å². The summed E-state index contributed by atoms with van der Waals surface area (Å²) in [6, 6.07) is 0.973. The van der Waals surface area contributed by atoms with E-state index in [0.717, 1.165) is 23.3 Å². The van der Waals surface area contributed by atoms with Crippen molar-refractivity contribution in [1.82, 2.24) is 14.7 Å². The molecule has 0 radical (unpaired) electrons. The average molecular weight is 235 g/mol. The van der Waals surface area contributed by atoms with Crippen LogP contribution in [0.1, 0.15) is 12.8 Å². The van der Waals surface area contributed by atoms with Crippen LogP contribution in [0.2, 0.25) is 0 Å². The Morgan fingerprint density at radius 3 is 2.00 bits per heavy atom. The summed E-state index contributed by atoms with van der Waals surface area (Å²) >= 11 is 0. The van der Waals surface area contributed by atoms with Crippen molar-refractivity contribution in [1.29, 1.82) is 0 Å². The molecule has 0 aromatic rings. The fourth-order valence-electron chi connectivity index (χ4n) is 4.96. The lowest BCUT2D eigenvalue weighted by molar-refractivity contribution is -0.0356. The molecule has 3 aliphatic heterocycles. The molecule has 0 aromatic carbocycles. The van der Waals surface area contributed by atoms with E-state index in [9.17, 15) is 0 Å². The molecule has 96 valence electrons. The van der Waals surface area contributed by atoms with Crippen LogP contribution in [0.15, 0.2) is 0 Å². The summed E-state index contributed by atoms with van der Waals surface area (Å²) in [5, 5.41) is 0. The van der Waals surface area contributed by atoms with Gasteiger partial charge in [0.2, 0.25) is 0 Å². The van der Waals surface area contributed by atoms with Crippen molar-refractivity contribution in [2.75, 3.05) is 53.4 Å². The maximum absolute atomic E-state index is 2.83. The molecule has 4 aliphatic rings. The number of piperidine rings is 2. The molecule has 1 spiro atoms. The summed E-state index contributed by atoms with van der Waals surface area (Å²) < 4.78 is 0. The fourth-order valence-corrected chi connectivity index (χ4v) is 4.96. The van der Waals surface area contributed by atoms with Crippen molar-refractivity contribution in [2.24, 2.45) is 17.3 Å². The predicted octanol–water partition coefficient (Wildman–Crippen LogP) is 0.574. The smallest absolute Gasteiger partial charge is 0.0184 e. The first-order valence-electron chi connectivity index (χ1n) is 7.28. The Morgan fingerprint density at radius 2 is 1.47 bits per heavy atom. The van der Waals surface area contributed by atoms with Crippen LogP contribution in [0.3, 0.4) is 0 Å². The van der Waals surface area contributed by atoms with E-state index >= 15 is 0 Å². The van der Waals surface area contributed by atoms with Crippen LogP contribution in [-0.4, -0.2) is 74.1 Å². The van der Waals surface area contributed by atoms with Crippen molar-refractivity contribution >= 4 is 0 Å². The van der Waals surface area contributed by atoms with Gasteiger partial charge >= 0.3 is 0 Å². The molecule has 0 aromatic heterocycles. The largest absolute Gasteiger partial charge is 0.306 e. The van der Waals surface area contributed by atoms with Gasteiger partial charge in [0.25, 0.3) is 0 Å². The van der Waals surface area contributed by atoms with Crippen molar-refractivity contribution in [3.63, 3.8) is 0 Å². The normalized spacial score (nSPS) is 45.9. The lowest BCUT2D eigenvalue weighted by Gasteiger charge is -2.53. The second-order valence-corrected chi connectivity index (χ2v) is 7.25. The molecule has 1 saturated carbocycles. The molecule has 0 amide bonds. The van der Waals surface area contributed by atoms with Crippen molar-refractivity contribution in [3.05, 3.63) is 0 Å². The topological polar surface area (TPSA) is 9.72 Å². The number of hydrogen-bond donors (Lipinski definition) is 0. The van der Waals surface area contributed by atoms with Crippen molar-refractivity contribution in [2.45, 2.75) is 18.9 Å². The molecule has 4 rings (SSSR count). The van der Waals surface area contributed by atoms with Gasteiger partial charge in [-0.25, -0.2) is 0 Å². The van der Waals surface area contributed by atoms with E-state index in [4.69, 9.17) is 0 Å². The highest BCUT2D eigenvalue weighted by atomic mass is 15.3. The highest BCUT2D eigenvalue weighted by Crippen LogP contribution is 2.50. The summed E-state index contributed by atoms with van der Waals surface area (Å²) in [5.41, 5.74) is 0.728. The molecule has 3 heteroatoms. The van der Waals surface area contributed by atoms with Gasteiger partial charge in [-0.05, 0) is 57.3 Å². The Morgan fingerprint density at radius 1 is 0.882 bits per heavy atom. The van der Waals surface area contributed by atoms with Crippen LogP contribution < -0.4 is 0 Å². The number of likely N-dealkylation sites (tertiary alicyclic amines) is 3. The highest BCUT2D eigenvalue weighted by molar-refractivity contribution is 5.12. The summed E-state index contributed by atoms with van der Waals surface area (Å²) in [7, 11) is 4.54. The molecule has 2 unspecified atom stereocenters. The molecular formula is C14H25N3. The second-order valence-electron chi connectivity index (χ2n) is 7.25. The number of nitrogens with zero attached hydrogens (tertiary/aromatic N) is 3. The van der Waals surface area contributed by atoms with E-state index in [1.807, 2.05) is 0 Å². The molecule has 3 heterocycles. The highest BCUT2D eigenvalue weighted by Gasteiger charge is 2.58. The SMILES string of the molecule is CN1CC2C(C1)C2N1CCC2(CC1)CN(C)C2. The van der Waals surface area contributed by atoms with Crippen LogP contribution in [0, 0.1) is 17.3 Å². The molecule has 3 saturated heterocycles. The Labute approximate surface area is 105 Å². The monoisotopic (exact) mass is 235 g/mol. The number of hydrogen-bond acceptors (Lipinski definition) is 3. The lowest BCUT2D eigenvalue weighted by atomic mass is 9.72. The van der Waals surface area contributed by atoms with Gasteiger partial charge in [0.05, 0.1) is 0 Å². The first-order chi connectivity index (χ1) is 8.17. The molecule has 17 heavy (non-hydrogen) atoms. The summed E-state index contributed by atoms with van der Waals surface area (Å²) in [4.78, 5) is 7.82. The third-order valence-electron chi connectivity index (χ3n) is 5.82. The van der Waals surface area contributed by atoms with Crippen molar-refractivity contribution in [3.8, 4) is 0 Å². The fraction of sp³-hybridized carbons (Fsp3) is 1.00. The van der Waals surface area contributed by atoms with Crippen LogP contribution in [-0.2, 0) is 0 Å². The first kappa shape index (κ1) is 10.8. The van der Waals surface area contributed by atoms with Crippen LogP contribution >= 0.6 is 0 Å². The minimum absolute atomic E-state index is 0.728. The second kappa shape index (κ2) is 3.46. The lowest BCUT2D eigenvalue weighted by Crippen LogP contribution is -2.59. The minimum Gasteiger partial charge on any atom is -0.306 e. The zero-order valence-corrected chi connectivity index (χ0v) is 11.2. The zero-order chi connectivity index (χ0) is 11.6. The van der Waals surface area contributed by atoms with Crippen LogP contribution in [0.4, 0.5) is 0 Å². The maximum atomic E-state index is 2.83. The Kier molecular flexibility index (Phi) is 2.19. The Hall–Kier alpha value is -0.120. The number of fused-ring (bicyclic) bond motifs is 1. The van der Waals surface area contributed by atoms with Gasteiger partial charge in [-0.2, -0.15) is 0 Å². The molecule has 2 atom stereocenters. The van der Waals surface area contributed by atoms with E-state index in [1.54, 1.807) is 0 Å². The average Bonchev–Trinajstić information content (AvgIpc) is 2.77. The summed E-state index contributed by atoms with van der Waals surface area (Å²) in [6.07, 6.45) is 2.92. The third-order valence-corrected chi connectivity index (χ3v) is 5.82. The molecular weight excluding hydrogens is 210 g/mol. The van der Waals surface area contributed by atoms with Gasteiger partial charge in [0.1, 0.15) is 0 Å². The maximum Gasteiger partial charge on any atom is 0.0184 e. The van der Waals surface area contributed by atoms with Gasteiger partial charge in [-0.1, -0.05) is 0 Å². The molecule has 1 aliphatic carbocycles. The van der Waals surface area contributed by atoms with Crippen LogP contribution in [0.5, 0.6) is 0 Å². The predicted molar refractivity (Wildman–Crippen MR) is 69.0 cm³/mol. The molecule has 0 N–H and O–H groups in total. The number of rotatable bonds is 1. The van der Waals surface area contributed by atoms with Gasteiger partial charge in [-0.15, -0.1) is 0 Å². The Bertz CT molecular complexity index is 301. The zero-order valence-electron chi connectivity index (χ0n) is 11.2. The molecule has 4 fully saturated rings. The van der Waals surface area contributed by atoms with Crippen LogP contribution in [0.25, 0.3) is 0 Å². The third kappa shape index (κ3) is 1.59. The quantitative estimate of drug-likeness (QED) is 0.658. The van der Waals surface area contributed by atoms with Crippen molar-refractivity contribution < 1.29 is 0 Å². The van der Waals surface area contributed by atoms with E-state index in [0.29, 0.717) is 0 Å². The molecule has 0 bridgehead atoms. The summed E-state index contributed by atoms with van der Waals surface area (Å²) in [5.74, 6) is 2.05. The van der Waals surface area contributed by atoms with E-state index in [1.165, 1.54) is 52.1 Å². The Balaban J connectivity index is 1.32. The van der Waals surface area contributed by atoms with Gasteiger partial charge in [0.15, 0.2) is 0 Å². The van der Waals surface area contributed by atoms with E-state index in [2.05, 4.69) is 28.8 Å². The minimum atomic E-state index is 0.728. The van der Waals surface area contributed by atoms with Gasteiger partial charge in [0, 0.05) is 32.2 Å². The van der Waals surface area contributed by atoms with Gasteiger partial charge < -0.3 is 9.80 Å². The van der Waals surface area contributed by atoms with Gasteiger partial charge in [-0.3, -0.25) is 4.90 Å². The molecule has 3 nitrogen and oxygen atoms in total. The van der Waals surface area contributed by atoms with E-state index < -0.39 is 0 Å². The summed E-state index contributed by atoms with van der Waals surface area (Å²) in [6.45, 7) is 8.21.